The fraction of sp³-hybridized carbons (Fsp3) is 0.923. The lowest BCUT2D eigenvalue weighted by atomic mass is 10.1. The Kier molecular flexibility index (Phi) is 5.40. The van der Waals surface area contributed by atoms with Gasteiger partial charge in [-0.05, 0) is 26.2 Å². The molecule has 0 aromatic rings. The summed E-state index contributed by atoms with van der Waals surface area (Å²) >= 11 is 0. The van der Waals surface area contributed by atoms with Gasteiger partial charge < -0.3 is 11.1 Å². The van der Waals surface area contributed by atoms with Crippen molar-refractivity contribution in [3.8, 4) is 0 Å². The van der Waals surface area contributed by atoms with E-state index in [0.717, 1.165) is 25.9 Å². The van der Waals surface area contributed by atoms with Crippen molar-refractivity contribution in [1.82, 2.24) is 10.2 Å². The van der Waals surface area contributed by atoms with Gasteiger partial charge in [-0.15, -0.1) is 0 Å². The van der Waals surface area contributed by atoms with Crippen molar-refractivity contribution in [2.24, 2.45) is 11.7 Å². The van der Waals surface area contributed by atoms with Crippen LogP contribution in [0, 0.1) is 5.92 Å². The van der Waals surface area contributed by atoms with Gasteiger partial charge in [-0.1, -0.05) is 20.3 Å². The molecular formula is C13H27N3O. The van der Waals surface area contributed by atoms with E-state index in [2.05, 4.69) is 31.0 Å². The van der Waals surface area contributed by atoms with Crippen molar-refractivity contribution >= 4 is 5.91 Å². The molecule has 0 aliphatic carbocycles. The minimum absolute atomic E-state index is 0.0645. The summed E-state index contributed by atoms with van der Waals surface area (Å²) in [6.07, 6.45) is 2.13. The third-order valence-electron chi connectivity index (χ3n) is 3.74. The topological polar surface area (TPSA) is 58.4 Å². The number of carbonyl (C=O) groups excluding carboxylic acids is 1. The molecule has 4 nitrogen and oxygen atoms in total. The van der Waals surface area contributed by atoms with Gasteiger partial charge in [-0.3, -0.25) is 9.69 Å². The second-order valence-electron chi connectivity index (χ2n) is 5.47. The van der Waals surface area contributed by atoms with E-state index in [9.17, 15) is 4.79 Å². The Morgan fingerprint density at radius 1 is 1.47 bits per heavy atom. The maximum atomic E-state index is 12.0. The summed E-state index contributed by atoms with van der Waals surface area (Å²) in [7, 11) is 0. The summed E-state index contributed by atoms with van der Waals surface area (Å²) < 4.78 is 0. The van der Waals surface area contributed by atoms with Gasteiger partial charge in [0.15, 0.2) is 0 Å². The molecule has 1 fully saturated rings. The van der Waals surface area contributed by atoms with Crippen molar-refractivity contribution in [3.05, 3.63) is 0 Å². The smallest absolute Gasteiger partial charge is 0.237 e. The van der Waals surface area contributed by atoms with E-state index in [1.54, 1.807) is 0 Å². The van der Waals surface area contributed by atoms with Crippen LogP contribution in [-0.2, 0) is 4.79 Å². The minimum Gasteiger partial charge on any atom is -0.352 e. The monoisotopic (exact) mass is 241 g/mol. The lowest BCUT2D eigenvalue weighted by molar-refractivity contribution is -0.126. The standard InChI is InChI=1S/C13H27N3O/c1-5-6-10(3)15-13(17)11(4)16-7-9(2)12(14)8-16/h9-12H,5-8,14H2,1-4H3,(H,15,17). The second kappa shape index (κ2) is 6.36. The van der Waals surface area contributed by atoms with Gasteiger partial charge >= 0.3 is 0 Å². The third kappa shape index (κ3) is 3.96. The molecule has 0 spiro atoms. The van der Waals surface area contributed by atoms with Gasteiger partial charge in [0.1, 0.15) is 0 Å². The summed E-state index contributed by atoms with van der Waals surface area (Å²) in [5, 5.41) is 3.07. The van der Waals surface area contributed by atoms with E-state index in [0.29, 0.717) is 5.92 Å². The highest BCUT2D eigenvalue weighted by molar-refractivity contribution is 5.81. The average molecular weight is 241 g/mol. The SMILES string of the molecule is CCCC(C)NC(=O)C(C)N1CC(C)C(N)C1. The number of carbonyl (C=O) groups is 1. The molecule has 4 unspecified atom stereocenters. The van der Waals surface area contributed by atoms with Gasteiger partial charge in [0.25, 0.3) is 0 Å². The average Bonchev–Trinajstić information content (AvgIpc) is 2.58. The molecule has 3 N–H and O–H groups in total. The normalized spacial score (nSPS) is 29.0. The molecule has 17 heavy (non-hydrogen) atoms. The fourth-order valence-electron chi connectivity index (χ4n) is 2.38. The van der Waals surface area contributed by atoms with Crippen LogP contribution >= 0.6 is 0 Å². The second-order valence-corrected chi connectivity index (χ2v) is 5.47. The minimum atomic E-state index is -0.0645. The highest BCUT2D eigenvalue weighted by atomic mass is 16.2. The molecule has 4 heteroatoms. The van der Waals surface area contributed by atoms with Crippen LogP contribution in [0.25, 0.3) is 0 Å². The summed E-state index contributed by atoms with van der Waals surface area (Å²) in [6.45, 7) is 10.1. The largest absolute Gasteiger partial charge is 0.352 e. The van der Waals surface area contributed by atoms with E-state index in [1.165, 1.54) is 0 Å². The van der Waals surface area contributed by atoms with Crippen molar-refractivity contribution in [1.29, 1.82) is 0 Å². The van der Waals surface area contributed by atoms with Gasteiger partial charge in [0.2, 0.25) is 5.91 Å². The Morgan fingerprint density at radius 3 is 2.59 bits per heavy atom. The summed E-state index contributed by atoms with van der Waals surface area (Å²) in [4.78, 5) is 14.2. The zero-order valence-electron chi connectivity index (χ0n) is 11.6. The number of hydrogen-bond acceptors (Lipinski definition) is 3. The first-order valence-corrected chi connectivity index (χ1v) is 6.75. The van der Waals surface area contributed by atoms with E-state index in [-0.39, 0.29) is 24.0 Å². The zero-order valence-corrected chi connectivity index (χ0v) is 11.6. The van der Waals surface area contributed by atoms with Crippen molar-refractivity contribution in [2.75, 3.05) is 13.1 Å². The van der Waals surface area contributed by atoms with Gasteiger partial charge in [-0.25, -0.2) is 0 Å². The molecule has 0 aromatic heterocycles. The number of hydrogen-bond donors (Lipinski definition) is 2. The van der Waals surface area contributed by atoms with E-state index >= 15 is 0 Å². The molecule has 1 amide bonds. The maximum absolute atomic E-state index is 12.0. The van der Waals surface area contributed by atoms with Crippen LogP contribution in [-0.4, -0.2) is 42.0 Å². The summed E-state index contributed by atoms with van der Waals surface area (Å²) in [5.74, 6) is 0.616. The zero-order chi connectivity index (χ0) is 13.0. The molecule has 1 heterocycles. The molecule has 1 aliphatic rings. The molecule has 0 aromatic carbocycles. The quantitative estimate of drug-likeness (QED) is 0.754. The molecule has 4 atom stereocenters. The van der Waals surface area contributed by atoms with Crippen LogP contribution in [0.1, 0.15) is 40.5 Å². The van der Waals surface area contributed by atoms with Gasteiger partial charge in [0.05, 0.1) is 6.04 Å². The Labute approximate surface area is 105 Å². The van der Waals surface area contributed by atoms with Crippen LogP contribution in [0.15, 0.2) is 0 Å². The molecule has 0 saturated carbocycles. The summed E-state index contributed by atoms with van der Waals surface area (Å²) in [5.41, 5.74) is 5.98. The fourth-order valence-corrected chi connectivity index (χ4v) is 2.38. The number of nitrogens with two attached hydrogens (primary N) is 1. The van der Waals surface area contributed by atoms with Crippen molar-refractivity contribution in [2.45, 2.75) is 58.7 Å². The maximum Gasteiger partial charge on any atom is 0.237 e. The number of nitrogens with zero attached hydrogens (tertiary/aromatic N) is 1. The van der Waals surface area contributed by atoms with Crippen LogP contribution in [0.3, 0.4) is 0 Å². The van der Waals surface area contributed by atoms with Gasteiger partial charge in [0, 0.05) is 25.2 Å². The Hall–Kier alpha value is -0.610. The predicted octanol–water partition coefficient (Wildman–Crippen LogP) is 0.959. The number of amides is 1. The molecule has 1 aliphatic heterocycles. The van der Waals surface area contributed by atoms with E-state index in [4.69, 9.17) is 5.73 Å². The first kappa shape index (κ1) is 14.5. The van der Waals surface area contributed by atoms with Crippen LogP contribution in [0.4, 0.5) is 0 Å². The van der Waals surface area contributed by atoms with E-state index < -0.39 is 0 Å². The molecule has 1 rings (SSSR count). The van der Waals surface area contributed by atoms with Gasteiger partial charge in [-0.2, -0.15) is 0 Å². The van der Waals surface area contributed by atoms with Crippen LogP contribution < -0.4 is 11.1 Å². The molecule has 0 radical (unpaired) electrons. The predicted molar refractivity (Wildman–Crippen MR) is 70.7 cm³/mol. The Morgan fingerprint density at radius 2 is 2.12 bits per heavy atom. The lowest BCUT2D eigenvalue weighted by Crippen LogP contribution is -2.47. The Bertz CT molecular complexity index is 247. The highest BCUT2D eigenvalue weighted by Gasteiger charge is 2.32. The van der Waals surface area contributed by atoms with Crippen molar-refractivity contribution < 1.29 is 4.79 Å². The molecule has 1 saturated heterocycles. The molecular weight excluding hydrogens is 214 g/mol. The third-order valence-corrected chi connectivity index (χ3v) is 3.74. The first-order valence-electron chi connectivity index (χ1n) is 6.75. The Balaban J connectivity index is 2.42. The lowest BCUT2D eigenvalue weighted by Gasteiger charge is -2.25. The van der Waals surface area contributed by atoms with Crippen LogP contribution in [0.5, 0.6) is 0 Å². The molecule has 100 valence electrons. The first-order chi connectivity index (χ1) is 7.95. The molecule has 0 bridgehead atoms. The van der Waals surface area contributed by atoms with E-state index in [1.807, 2.05) is 6.92 Å². The number of nitrogens with one attached hydrogen (secondary N) is 1. The summed E-state index contributed by atoms with van der Waals surface area (Å²) in [6, 6.07) is 0.410. The highest BCUT2D eigenvalue weighted by Crippen LogP contribution is 2.17. The van der Waals surface area contributed by atoms with Crippen molar-refractivity contribution in [3.63, 3.8) is 0 Å². The number of likely N-dealkylation sites (tertiary alicyclic amines) is 1. The van der Waals surface area contributed by atoms with Crippen LogP contribution in [0.2, 0.25) is 0 Å². The number of rotatable bonds is 5.